The van der Waals surface area contributed by atoms with E-state index in [4.69, 9.17) is 0 Å². The molecule has 31 heavy (non-hydrogen) atoms. The van der Waals surface area contributed by atoms with E-state index >= 15 is 0 Å². The lowest BCUT2D eigenvalue weighted by atomic mass is 10.1. The van der Waals surface area contributed by atoms with E-state index < -0.39 is 0 Å². The predicted molar refractivity (Wildman–Crippen MR) is 123 cm³/mol. The SMILES string of the molecule is CN1C(=O)Cc2cc(C(=O)CSc3nnc(-c4cccs4)n3-c3ccccc3)ccc21. The molecule has 3 heterocycles. The van der Waals surface area contributed by atoms with Gasteiger partial charge in [0.1, 0.15) is 0 Å². The van der Waals surface area contributed by atoms with Gasteiger partial charge in [-0.1, -0.05) is 36.0 Å². The quantitative estimate of drug-likeness (QED) is 0.322. The zero-order valence-corrected chi connectivity index (χ0v) is 18.3. The van der Waals surface area contributed by atoms with Crippen molar-refractivity contribution < 1.29 is 9.59 Å². The number of likely N-dealkylation sites (N-methyl/N-ethyl adjacent to an activating group) is 1. The van der Waals surface area contributed by atoms with Gasteiger partial charge in [0, 0.05) is 24.0 Å². The van der Waals surface area contributed by atoms with E-state index in [0.717, 1.165) is 27.6 Å². The number of rotatable bonds is 6. The highest BCUT2D eigenvalue weighted by Crippen LogP contribution is 2.32. The second-order valence-corrected chi connectivity index (χ2v) is 9.03. The van der Waals surface area contributed by atoms with Gasteiger partial charge in [-0.05, 0) is 47.3 Å². The molecule has 0 radical (unpaired) electrons. The number of aromatic nitrogens is 3. The topological polar surface area (TPSA) is 68.1 Å². The fraction of sp³-hybridized carbons (Fsp3) is 0.130. The molecule has 5 rings (SSSR count). The van der Waals surface area contributed by atoms with Gasteiger partial charge in [0.05, 0.1) is 17.1 Å². The van der Waals surface area contributed by atoms with Crippen molar-refractivity contribution in [3.05, 3.63) is 77.2 Å². The lowest BCUT2D eigenvalue weighted by Crippen LogP contribution is -2.20. The molecule has 1 aliphatic rings. The van der Waals surface area contributed by atoms with Crippen LogP contribution in [0.5, 0.6) is 0 Å². The van der Waals surface area contributed by atoms with Gasteiger partial charge in [0.25, 0.3) is 0 Å². The predicted octanol–water partition coefficient (Wildman–Crippen LogP) is 4.49. The van der Waals surface area contributed by atoms with E-state index in [0.29, 0.717) is 17.1 Å². The van der Waals surface area contributed by atoms with Crippen LogP contribution in [0.4, 0.5) is 5.69 Å². The monoisotopic (exact) mass is 446 g/mol. The zero-order valence-electron chi connectivity index (χ0n) is 16.7. The summed E-state index contributed by atoms with van der Waals surface area (Å²) in [6, 6.07) is 19.4. The minimum Gasteiger partial charge on any atom is -0.315 e. The van der Waals surface area contributed by atoms with Gasteiger partial charge in [-0.3, -0.25) is 14.2 Å². The molecule has 0 saturated heterocycles. The van der Waals surface area contributed by atoms with Crippen LogP contribution in [0.1, 0.15) is 15.9 Å². The standard InChI is InChI=1S/C23H18N4O2S2/c1-26-18-10-9-15(12-16(18)13-21(26)29)19(28)14-31-23-25-24-22(20-8-5-11-30-20)27(23)17-6-3-2-4-7-17/h2-12H,13-14H2,1H3. The van der Waals surface area contributed by atoms with Gasteiger partial charge >= 0.3 is 0 Å². The Bertz CT molecular complexity index is 1270. The van der Waals surface area contributed by atoms with Gasteiger partial charge in [-0.25, -0.2) is 0 Å². The van der Waals surface area contributed by atoms with Crippen LogP contribution in [0.25, 0.3) is 16.4 Å². The molecule has 0 fully saturated rings. The highest BCUT2D eigenvalue weighted by Gasteiger charge is 2.25. The number of nitrogens with zero attached hydrogens (tertiary/aromatic N) is 4. The molecule has 0 saturated carbocycles. The maximum absolute atomic E-state index is 12.9. The summed E-state index contributed by atoms with van der Waals surface area (Å²) in [5.41, 5.74) is 3.33. The summed E-state index contributed by atoms with van der Waals surface area (Å²) in [4.78, 5) is 27.5. The van der Waals surface area contributed by atoms with Crippen molar-refractivity contribution in [3.63, 3.8) is 0 Å². The molecule has 6 nitrogen and oxygen atoms in total. The smallest absolute Gasteiger partial charge is 0.231 e. The first-order valence-corrected chi connectivity index (χ1v) is 11.6. The zero-order chi connectivity index (χ0) is 21.4. The van der Waals surface area contributed by atoms with Crippen LogP contribution in [-0.2, 0) is 11.2 Å². The lowest BCUT2D eigenvalue weighted by Gasteiger charge is -2.11. The fourth-order valence-corrected chi connectivity index (χ4v) is 5.14. The van der Waals surface area contributed by atoms with Crippen LogP contribution >= 0.6 is 23.1 Å². The summed E-state index contributed by atoms with van der Waals surface area (Å²) in [6.07, 6.45) is 0.340. The summed E-state index contributed by atoms with van der Waals surface area (Å²) in [5.74, 6) is 1.04. The van der Waals surface area contributed by atoms with Gasteiger partial charge in [-0.2, -0.15) is 0 Å². The summed E-state index contributed by atoms with van der Waals surface area (Å²) in [5, 5.41) is 11.4. The molecule has 0 bridgehead atoms. The fourth-order valence-electron chi connectivity index (χ4n) is 3.60. The summed E-state index contributed by atoms with van der Waals surface area (Å²) in [6.45, 7) is 0. The highest BCUT2D eigenvalue weighted by atomic mass is 32.2. The number of para-hydroxylation sites is 1. The molecule has 0 spiro atoms. The first-order valence-electron chi connectivity index (χ1n) is 9.72. The number of hydrogen-bond donors (Lipinski definition) is 0. The molecular formula is C23H18N4O2S2. The van der Waals surface area contributed by atoms with Crippen LogP contribution in [0.15, 0.2) is 71.2 Å². The number of benzene rings is 2. The van der Waals surface area contributed by atoms with Crippen LogP contribution in [0.3, 0.4) is 0 Å². The molecule has 0 aliphatic carbocycles. The number of Topliss-reactive ketones (excluding diaryl/α,β-unsaturated/α-hetero) is 1. The van der Waals surface area contributed by atoms with E-state index in [1.807, 2.05) is 64.5 Å². The number of amides is 1. The first kappa shape index (κ1) is 19.7. The van der Waals surface area contributed by atoms with Crippen LogP contribution < -0.4 is 4.90 Å². The molecule has 8 heteroatoms. The number of thioether (sulfide) groups is 1. The molecule has 2 aromatic carbocycles. The van der Waals surface area contributed by atoms with E-state index in [-0.39, 0.29) is 17.4 Å². The first-order chi connectivity index (χ1) is 15.1. The lowest BCUT2D eigenvalue weighted by molar-refractivity contribution is -0.117. The second-order valence-electron chi connectivity index (χ2n) is 7.14. The molecule has 1 aliphatic heterocycles. The Morgan fingerprint density at radius 3 is 2.71 bits per heavy atom. The molecule has 4 aromatic rings. The Labute approximate surface area is 187 Å². The molecule has 0 N–H and O–H groups in total. The van der Waals surface area contributed by atoms with Gasteiger partial charge in [-0.15, -0.1) is 21.5 Å². The third-order valence-electron chi connectivity index (χ3n) is 5.20. The van der Waals surface area contributed by atoms with Gasteiger partial charge in [0.2, 0.25) is 5.91 Å². The van der Waals surface area contributed by atoms with Crippen molar-refractivity contribution in [1.82, 2.24) is 14.8 Å². The molecule has 154 valence electrons. The Morgan fingerprint density at radius 1 is 1.10 bits per heavy atom. The molecule has 1 amide bonds. The third kappa shape index (κ3) is 3.68. The summed E-state index contributed by atoms with van der Waals surface area (Å²) < 4.78 is 1.99. The van der Waals surface area contributed by atoms with E-state index in [1.54, 1.807) is 29.4 Å². The van der Waals surface area contributed by atoms with Crippen LogP contribution in [0.2, 0.25) is 0 Å². The average Bonchev–Trinajstić information content (AvgIpc) is 3.52. The molecule has 0 atom stereocenters. The van der Waals surface area contributed by atoms with E-state index in [1.165, 1.54) is 11.8 Å². The number of carbonyl (C=O) groups is 2. The Morgan fingerprint density at radius 2 is 1.94 bits per heavy atom. The number of hydrogen-bond acceptors (Lipinski definition) is 6. The van der Waals surface area contributed by atoms with Crippen LogP contribution in [0, 0.1) is 0 Å². The average molecular weight is 447 g/mol. The maximum atomic E-state index is 12.9. The number of thiophene rings is 1. The van der Waals surface area contributed by atoms with Crippen molar-refractivity contribution in [1.29, 1.82) is 0 Å². The van der Waals surface area contributed by atoms with Crippen molar-refractivity contribution in [3.8, 4) is 16.4 Å². The second kappa shape index (κ2) is 8.13. The van der Waals surface area contributed by atoms with Crippen LogP contribution in [-0.4, -0.2) is 39.3 Å². The Balaban J connectivity index is 1.41. The maximum Gasteiger partial charge on any atom is 0.231 e. The molecule has 0 unspecified atom stereocenters. The van der Waals surface area contributed by atoms with E-state index in [9.17, 15) is 9.59 Å². The number of carbonyl (C=O) groups excluding carboxylic acids is 2. The highest BCUT2D eigenvalue weighted by molar-refractivity contribution is 7.99. The summed E-state index contributed by atoms with van der Waals surface area (Å²) in [7, 11) is 1.76. The summed E-state index contributed by atoms with van der Waals surface area (Å²) >= 11 is 2.96. The van der Waals surface area contributed by atoms with E-state index in [2.05, 4.69) is 10.2 Å². The van der Waals surface area contributed by atoms with Crippen molar-refractivity contribution in [2.24, 2.45) is 0 Å². The van der Waals surface area contributed by atoms with Crippen molar-refractivity contribution in [2.45, 2.75) is 11.6 Å². The minimum absolute atomic E-state index is 0.00455. The number of ketones is 1. The number of anilines is 1. The third-order valence-corrected chi connectivity index (χ3v) is 7.00. The van der Waals surface area contributed by atoms with Crippen molar-refractivity contribution in [2.75, 3.05) is 17.7 Å². The molecule has 2 aromatic heterocycles. The Kier molecular flexibility index (Phi) is 5.17. The number of fused-ring (bicyclic) bond motifs is 1. The van der Waals surface area contributed by atoms with Gasteiger partial charge < -0.3 is 4.90 Å². The minimum atomic E-state index is -0.00455. The largest absolute Gasteiger partial charge is 0.315 e. The van der Waals surface area contributed by atoms with Gasteiger partial charge in [0.15, 0.2) is 16.8 Å². The molecular weight excluding hydrogens is 428 g/mol. The van der Waals surface area contributed by atoms with Crippen molar-refractivity contribution >= 4 is 40.5 Å². The Hall–Kier alpha value is -3.23. The normalized spacial score (nSPS) is 12.9.